The fraction of sp³-hybridized carbons (Fsp3) is 0.417. The number of carbonyl (C=O) groups is 1. The lowest BCUT2D eigenvalue weighted by atomic mass is 10.2. The molecule has 1 rings (SSSR count). The molecule has 0 heterocycles. The van der Waals surface area contributed by atoms with Crippen LogP contribution in [0.3, 0.4) is 0 Å². The van der Waals surface area contributed by atoms with Gasteiger partial charge in [0.1, 0.15) is 18.4 Å². The average Bonchev–Trinajstić information content (AvgIpc) is 2.35. The van der Waals surface area contributed by atoms with E-state index in [9.17, 15) is 14.9 Å². The molecule has 0 aliphatic rings. The first kappa shape index (κ1) is 16.4. The molecular formula is C12H16BrN3O4. The predicted octanol–water partition coefficient (Wildman–Crippen LogP) is 1.59. The number of hydrogen-bond acceptors (Lipinski definition) is 5. The first-order valence-corrected chi connectivity index (χ1v) is 6.72. The Morgan fingerprint density at radius 2 is 2.20 bits per heavy atom. The van der Waals surface area contributed by atoms with Gasteiger partial charge in [0, 0.05) is 12.1 Å². The summed E-state index contributed by atoms with van der Waals surface area (Å²) in [7, 11) is 0. The highest BCUT2D eigenvalue weighted by atomic mass is 79.9. The van der Waals surface area contributed by atoms with Crippen LogP contribution in [0.5, 0.6) is 5.75 Å². The summed E-state index contributed by atoms with van der Waals surface area (Å²) in [5, 5.41) is 13.7. The quantitative estimate of drug-likeness (QED) is 0.576. The van der Waals surface area contributed by atoms with Gasteiger partial charge in [0.25, 0.3) is 5.69 Å². The van der Waals surface area contributed by atoms with Crippen LogP contribution in [0.15, 0.2) is 22.7 Å². The molecule has 0 aliphatic heterocycles. The number of non-ortho nitro benzene ring substituents is 1. The molecule has 0 saturated carbocycles. The van der Waals surface area contributed by atoms with Gasteiger partial charge < -0.3 is 15.8 Å². The van der Waals surface area contributed by atoms with E-state index in [1.807, 2.05) is 13.8 Å². The van der Waals surface area contributed by atoms with Gasteiger partial charge in [-0.1, -0.05) is 13.8 Å². The van der Waals surface area contributed by atoms with Crippen LogP contribution >= 0.6 is 15.9 Å². The fourth-order valence-corrected chi connectivity index (χ4v) is 1.87. The predicted molar refractivity (Wildman–Crippen MR) is 77.5 cm³/mol. The van der Waals surface area contributed by atoms with Gasteiger partial charge in [-0.2, -0.15) is 0 Å². The number of primary amides is 1. The van der Waals surface area contributed by atoms with E-state index in [2.05, 4.69) is 21.2 Å². The Balaban J connectivity index is 2.79. The molecule has 3 N–H and O–H groups in total. The van der Waals surface area contributed by atoms with Gasteiger partial charge >= 0.3 is 0 Å². The molecule has 1 amide bonds. The highest BCUT2D eigenvalue weighted by molar-refractivity contribution is 9.10. The minimum Gasteiger partial charge on any atom is -0.490 e. The Bertz CT molecular complexity index is 507. The van der Waals surface area contributed by atoms with Crippen molar-refractivity contribution in [1.82, 2.24) is 5.32 Å². The lowest BCUT2D eigenvalue weighted by molar-refractivity contribution is -0.385. The van der Waals surface area contributed by atoms with Crippen LogP contribution in [-0.2, 0) is 4.79 Å². The molecule has 110 valence electrons. The second kappa shape index (κ2) is 7.20. The topological polar surface area (TPSA) is 107 Å². The summed E-state index contributed by atoms with van der Waals surface area (Å²) in [5.41, 5.74) is 5.18. The van der Waals surface area contributed by atoms with Crippen molar-refractivity contribution in [3.63, 3.8) is 0 Å². The summed E-state index contributed by atoms with van der Waals surface area (Å²) in [5.74, 6) is -0.253. The van der Waals surface area contributed by atoms with Gasteiger partial charge in [-0.05, 0) is 22.0 Å². The number of rotatable bonds is 7. The van der Waals surface area contributed by atoms with Gasteiger partial charge in [0.05, 0.1) is 15.5 Å². The molecule has 7 nitrogen and oxygen atoms in total. The summed E-state index contributed by atoms with van der Waals surface area (Å²) in [6.45, 7) is 3.74. The molecule has 0 saturated heterocycles. The summed E-state index contributed by atoms with van der Waals surface area (Å²) >= 11 is 3.23. The number of carbonyl (C=O) groups excluding carboxylic acids is 1. The Morgan fingerprint density at radius 3 is 2.70 bits per heavy atom. The summed E-state index contributed by atoms with van der Waals surface area (Å²) in [6, 6.07) is 3.56. The van der Waals surface area contributed by atoms with E-state index < -0.39 is 16.9 Å². The minimum atomic E-state index is -0.666. The number of nitro benzene ring substituents is 1. The third-order valence-corrected chi connectivity index (χ3v) is 3.06. The van der Waals surface area contributed by atoms with Crippen LogP contribution in [-0.4, -0.2) is 29.5 Å². The lowest BCUT2D eigenvalue weighted by Crippen LogP contribution is -2.48. The number of amides is 1. The van der Waals surface area contributed by atoms with Crippen molar-refractivity contribution in [3.8, 4) is 5.75 Å². The van der Waals surface area contributed by atoms with Crippen molar-refractivity contribution in [3.05, 3.63) is 32.8 Å². The van der Waals surface area contributed by atoms with Crippen molar-refractivity contribution in [2.45, 2.75) is 25.9 Å². The second-order valence-corrected chi connectivity index (χ2v) is 5.31. The van der Waals surface area contributed by atoms with Crippen LogP contribution in [0.1, 0.15) is 13.8 Å². The molecule has 0 aromatic heterocycles. The zero-order chi connectivity index (χ0) is 15.3. The maximum Gasteiger partial charge on any atom is 0.273 e. The largest absolute Gasteiger partial charge is 0.490 e. The van der Waals surface area contributed by atoms with Crippen LogP contribution in [0.25, 0.3) is 0 Å². The first-order valence-electron chi connectivity index (χ1n) is 5.93. The molecule has 1 aromatic carbocycles. The molecule has 0 bridgehead atoms. The number of nitrogens with two attached hydrogens (primary N) is 1. The molecule has 20 heavy (non-hydrogen) atoms. The third kappa shape index (κ3) is 4.78. The van der Waals surface area contributed by atoms with E-state index in [0.717, 1.165) is 0 Å². The van der Waals surface area contributed by atoms with E-state index >= 15 is 0 Å². The highest BCUT2D eigenvalue weighted by Crippen LogP contribution is 2.29. The fourth-order valence-electron chi connectivity index (χ4n) is 1.50. The molecule has 0 fully saturated rings. The van der Waals surface area contributed by atoms with Crippen LogP contribution in [0.2, 0.25) is 0 Å². The van der Waals surface area contributed by atoms with E-state index in [0.29, 0.717) is 4.47 Å². The number of halogens is 1. The van der Waals surface area contributed by atoms with Gasteiger partial charge in [0.15, 0.2) is 0 Å². The second-order valence-electron chi connectivity index (χ2n) is 4.46. The Kier molecular flexibility index (Phi) is 5.90. The zero-order valence-corrected chi connectivity index (χ0v) is 12.7. The lowest BCUT2D eigenvalue weighted by Gasteiger charge is -2.19. The third-order valence-electron chi connectivity index (χ3n) is 2.41. The van der Waals surface area contributed by atoms with E-state index in [4.69, 9.17) is 10.5 Å². The van der Waals surface area contributed by atoms with Crippen molar-refractivity contribution in [2.75, 3.05) is 6.61 Å². The number of benzene rings is 1. The number of nitro groups is 1. The van der Waals surface area contributed by atoms with Gasteiger partial charge in [-0.25, -0.2) is 0 Å². The minimum absolute atomic E-state index is 0.00667. The molecule has 1 unspecified atom stereocenters. The number of ether oxygens (including phenoxy) is 1. The first-order chi connectivity index (χ1) is 9.31. The van der Waals surface area contributed by atoms with Crippen molar-refractivity contribution in [2.24, 2.45) is 5.73 Å². The van der Waals surface area contributed by atoms with Crippen molar-refractivity contribution in [1.29, 1.82) is 0 Å². The molecule has 1 atom stereocenters. The smallest absolute Gasteiger partial charge is 0.273 e. The molecule has 0 radical (unpaired) electrons. The maximum absolute atomic E-state index is 11.3. The molecule has 0 spiro atoms. The molecule has 8 heteroatoms. The van der Waals surface area contributed by atoms with E-state index in [1.165, 1.54) is 18.2 Å². The van der Waals surface area contributed by atoms with Crippen molar-refractivity contribution < 1.29 is 14.5 Å². The average molecular weight is 346 g/mol. The van der Waals surface area contributed by atoms with E-state index in [-0.39, 0.29) is 24.1 Å². The van der Waals surface area contributed by atoms with Crippen LogP contribution in [0, 0.1) is 10.1 Å². The van der Waals surface area contributed by atoms with Gasteiger partial charge in [-0.15, -0.1) is 0 Å². The summed E-state index contributed by atoms with van der Waals surface area (Å²) in [6.07, 6.45) is 0. The van der Waals surface area contributed by atoms with Gasteiger partial charge in [-0.3, -0.25) is 14.9 Å². The number of nitrogens with one attached hydrogen (secondary N) is 1. The standard InChI is InChI=1S/C12H16BrN3O4/c1-7(2)15-10(12(14)17)6-20-11-5-8(16(18)19)3-4-9(11)13/h3-5,7,10,15H,6H2,1-2H3,(H2,14,17). The highest BCUT2D eigenvalue weighted by Gasteiger charge is 2.18. The van der Waals surface area contributed by atoms with Crippen LogP contribution < -0.4 is 15.8 Å². The molecule has 0 aliphatic carbocycles. The zero-order valence-electron chi connectivity index (χ0n) is 11.1. The SMILES string of the molecule is CC(C)NC(COc1cc([N+](=O)[O-])ccc1Br)C(N)=O. The Labute approximate surface area is 124 Å². The van der Waals surface area contributed by atoms with Crippen molar-refractivity contribution >= 4 is 27.5 Å². The Morgan fingerprint density at radius 1 is 1.55 bits per heavy atom. The van der Waals surface area contributed by atoms with Crippen LogP contribution in [0.4, 0.5) is 5.69 Å². The maximum atomic E-state index is 11.3. The molecular weight excluding hydrogens is 330 g/mol. The summed E-state index contributed by atoms with van der Waals surface area (Å²) in [4.78, 5) is 21.5. The normalized spacial score (nSPS) is 12.2. The van der Waals surface area contributed by atoms with E-state index in [1.54, 1.807) is 0 Å². The van der Waals surface area contributed by atoms with Gasteiger partial charge in [0.2, 0.25) is 5.91 Å². The number of hydrogen-bond donors (Lipinski definition) is 2. The number of nitrogens with zero attached hydrogens (tertiary/aromatic N) is 1. The Hall–Kier alpha value is -1.67. The summed E-state index contributed by atoms with van der Waals surface area (Å²) < 4.78 is 6.00. The molecule has 1 aromatic rings. The monoisotopic (exact) mass is 345 g/mol.